The van der Waals surface area contributed by atoms with E-state index in [1.165, 1.54) is 11.1 Å². The summed E-state index contributed by atoms with van der Waals surface area (Å²) < 4.78 is 0. The zero-order valence-electron chi connectivity index (χ0n) is 9.49. The minimum atomic E-state index is 0.219. The third-order valence-electron chi connectivity index (χ3n) is 3.69. The van der Waals surface area contributed by atoms with Gasteiger partial charge < -0.3 is 10.2 Å². The Labute approximate surface area is 95.4 Å². The highest BCUT2D eigenvalue weighted by molar-refractivity contribution is 5.97. The minimum Gasteiger partial charge on any atom is -0.333 e. The maximum absolute atomic E-state index is 12.3. The predicted octanol–water partition coefficient (Wildman–Crippen LogP) is 0.965. The van der Waals surface area contributed by atoms with Crippen molar-refractivity contribution in [1.29, 1.82) is 0 Å². The number of hydrogen-bond donors (Lipinski definition) is 1. The standard InChI is InChI=1S/C13H16N2O/c1-9-3-2-4-11-12(9)7-10-8-14-5-6-15(10)13(11)16/h2-4,10,14H,5-8H2,1H3/t10-/m1/s1. The number of nitrogens with zero attached hydrogens (tertiary/aromatic N) is 1. The summed E-state index contributed by atoms with van der Waals surface area (Å²) in [6.45, 7) is 4.79. The lowest BCUT2D eigenvalue weighted by atomic mass is 9.89. The average molecular weight is 216 g/mol. The highest BCUT2D eigenvalue weighted by Crippen LogP contribution is 2.26. The van der Waals surface area contributed by atoms with Crippen LogP contribution in [0.4, 0.5) is 0 Å². The van der Waals surface area contributed by atoms with Crippen molar-refractivity contribution in [2.75, 3.05) is 19.6 Å². The van der Waals surface area contributed by atoms with Crippen LogP contribution in [0.5, 0.6) is 0 Å². The first-order valence-corrected chi connectivity index (χ1v) is 5.87. The Morgan fingerprint density at radius 3 is 3.19 bits per heavy atom. The fourth-order valence-electron chi connectivity index (χ4n) is 2.77. The predicted molar refractivity (Wildman–Crippen MR) is 62.6 cm³/mol. The second-order valence-corrected chi connectivity index (χ2v) is 4.66. The van der Waals surface area contributed by atoms with E-state index < -0.39 is 0 Å². The van der Waals surface area contributed by atoms with Crippen LogP contribution in [0.3, 0.4) is 0 Å². The Morgan fingerprint density at radius 1 is 1.44 bits per heavy atom. The Balaban J connectivity index is 2.06. The van der Waals surface area contributed by atoms with E-state index in [-0.39, 0.29) is 5.91 Å². The zero-order valence-corrected chi connectivity index (χ0v) is 9.49. The molecule has 3 nitrogen and oxygen atoms in total. The molecule has 0 saturated carbocycles. The van der Waals surface area contributed by atoms with Crippen molar-refractivity contribution in [2.45, 2.75) is 19.4 Å². The Bertz CT molecular complexity index is 442. The summed E-state index contributed by atoms with van der Waals surface area (Å²) >= 11 is 0. The van der Waals surface area contributed by atoms with Gasteiger partial charge in [0.1, 0.15) is 0 Å². The fourth-order valence-corrected chi connectivity index (χ4v) is 2.77. The van der Waals surface area contributed by atoms with E-state index >= 15 is 0 Å². The summed E-state index contributed by atoms with van der Waals surface area (Å²) in [5.41, 5.74) is 3.41. The monoisotopic (exact) mass is 216 g/mol. The molecule has 0 unspecified atom stereocenters. The number of carbonyl (C=O) groups excluding carboxylic acids is 1. The first kappa shape index (κ1) is 9.85. The topological polar surface area (TPSA) is 32.3 Å². The fraction of sp³-hybridized carbons (Fsp3) is 0.462. The Hall–Kier alpha value is -1.35. The van der Waals surface area contributed by atoms with Crippen LogP contribution < -0.4 is 5.32 Å². The van der Waals surface area contributed by atoms with Gasteiger partial charge in [0.2, 0.25) is 0 Å². The molecule has 3 heteroatoms. The van der Waals surface area contributed by atoms with E-state index in [0.29, 0.717) is 6.04 Å². The number of piperazine rings is 1. The van der Waals surface area contributed by atoms with Crippen molar-refractivity contribution in [3.63, 3.8) is 0 Å². The summed E-state index contributed by atoms with van der Waals surface area (Å²) in [6, 6.07) is 6.39. The van der Waals surface area contributed by atoms with Crippen LogP contribution in [-0.2, 0) is 6.42 Å². The summed E-state index contributed by atoms with van der Waals surface area (Å²) in [5, 5.41) is 3.36. The van der Waals surface area contributed by atoms with Gasteiger partial charge >= 0.3 is 0 Å². The molecular formula is C13H16N2O. The third-order valence-corrected chi connectivity index (χ3v) is 3.69. The quantitative estimate of drug-likeness (QED) is 0.700. The molecular weight excluding hydrogens is 200 g/mol. The third kappa shape index (κ3) is 1.35. The normalized spacial score (nSPS) is 23.9. The number of nitrogens with one attached hydrogen (secondary N) is 1. The van der Waals surface area contributed by atoms with Gasteiger partial charge in [0, 0.05) is 31.2 Å². The number of fused-ring (bicyclic) bond motifs is 2. The molecule has 16 heavy (non-hydrogen) atoms. The highest BCUT2D eigenvalue weighted by atomic mass is 16.2. The summed E-state index contributed by atoms with van der Waals surface area (Å²) in [6.07, 6.45) is 1.00. The van der Waals surface area contributed by atoms with E-state index in [2.05, 4.69) is 18.3 Å². The van der Waals surface area contributed by atoms with Gasteiger partial charge in [-0.05, 0) is 30.5 Å². The summed E-state index contributed by atoms with van der Waals surface area (Å²) in [4.78, 5) is 14.3. The van der Waals surface area contributed by atoms with E-state index in [9.17, 15) is 4.79 Å². The molecule has 0 radical (unpaired) electrons. The molecule has 0 aliphatic carbocycles. The summed E-state index contributed by atoms with van der Waals surface area (Å²) in [7, 11) is 0. The molecule has 1 amide bonds. The smallest absolute Gasteiger partial charge is 0.254 e. The molecule has 0 spiro atoms. The average Bonchev–Trinajstić information content (AvgIpc) is 2.31. The van der Waals surface area contributed by atoms with Crippen LogP contribution in [0.1, 0.15) is 21.5 Å². The van der Waals surface area contributed by atoms with Crippen molar-refractivity contribution < 1.29 is 4.79 Å². The molecule has 3 rings (SSSR count). The zero-order chi connectivity index (χ0) is 11.1. The van der Waals surface area contributed by atoms with E-state index in [1.54, 1.807) is 0 Å². The van der Waals surface area contributed by atoms with Crippen molar-refractivity contribution >= 4 is 5.91 Å². The molecule has 1 saturated heterocycles. The van der Waals surface area contributed by atoms with Crippen LogP contribution in [0.25, 0.3) is 0 Å². The molecule has 2 aliphatic rings. The number of amides is 1. The van der Waals surface area contributed by atoms with E-state index in [0.717, 1.165) is 31.6 Å². The maximum atomic E-state index is 12.3. The Kier molecular flexibility index (Phi) is 2.21. The van der Waals surface area contributed by atoms with Crippen molar-refractivity contribution in [3.8, 4) is 0 Å². The second kappa shape index (κ2) is 3.59. The van der Waals surface area contributed by atoms with Gasteiger partial charge in [0.25, 0.3) is 5.91 Å². The van der Waals surface area contributed by atoms with Crippen LogP contribution in [-0.4, -0.2) is 36.5 Å². The molecule has 2 aliphatic heterocycles. The number of aryl methyl sites for hydroxylation is 1. The van der Waals surface area contributed by atoms with Crippen LogP contribution >= 0.6 is 0 Å². The molecule has 84 valence electrons. The van der Waals surface area contributed by atoms with E-state index in [4.69, 9.17) is 0 Å². The summed E-state index contributed by atoms with van der Waals surface area (Å²) in [5.74, 6) is 0.219. The van der Waals surface area contributed by atoms with Crippen LogP contribution in [0.2, 0.25) is 0 Å². The van der Waals surface area contributed by atoms with Gasteiger partial charge in [0.15, 0.2) is 0 Å². The number of rotatable bonds is 0. The largest absolute Gasteiger partial charge is 0.333 e. The van der Waals surface area contributed by atoms with Crippen LogP contribution in [0, 0.1) is 6.92 Å². The van der Waals surface area contributed by atoms with Gasteiger partial charge in [-0.1, -0.05) is 12.1 Å². The van der Waals surface area contributed by atoms with Gasteiger partial charge in [-0.15, -0.1) is 0 Å². The maximum Gasteiger partial charge on any atom is 0.254 e. The molecule has 1 aromatic carbocycles. The van der Waals surface area contributed by atoms with Crippen molar-refractivity contribution in [2.24, 2.45) is 0 Å². The van der Waals surface area contributed by atoms with E-state index in [1.807, 2.05) is 17.0 Å². The number of carbonyl (C=O) groups is 1. The Morgan fingerprint density at radius 2 is 2.31 bits per heavy atom. The van der Waals surface area contributed by atoms with Gasteiger partial charge in [0.05, 0.1) is 0 Å². The first-order valence-electron chi connectivity index (χ1n) is 5.87. The highest BCUT2D eigenvalue weighted by Gasteiger charge is 2.34. The molecule has 1 N–H and O–H groups in total. The molecule has 1 atom stereocenters. The second-order valence-electron chi connectivity index (χ2n) is 4.66. The first-order chi connectivity index (χ1) is 7.77. The molecule has 0 bridgehead atoms. The van der Waals surface area contributed by atoms with Gasteiger partial charge in [-0.3, -0.25) is 4.79 Å². The molecule has 1 aromatic rings. The van der Waals surface area contributed by atoms with Gasteiger partial charge in [-0.25, -0.2) is 0 Å². The van der Waals surface area contributed by atoms with Gasteiger partial charge in [-0.2, -0.15) is 0 Å². The lowest BCUT2D eigenvalue weighted by molar-refractivity contribution is 0.0606. The molecule has 0 aromatic heterocycles. The minimum absolute atomic E-state index is 0.219. The van der Waals surface area contributed by atoms with Crippen molar-refractivity contribution in [1.82, 2.24) is 10.2 Å². The van der Waals surface area contributed by atoms with Crippen LogP contribution in [0.15, 0.2) is 18.2 Å². The van der Waals surface area contributed by atoms with Crippen molar-refractivity contribution in [3.05, 3.63) is 34.9 Å². The lowest BCUT2D eigenvalue weighted by Gasteiger charge is -2.40. The number of benzene rings is 1. The lowest BCUT2D eigenvalue weighted by Crippen LogP contribution is -2.56. The number of hydrogen-bond acceptors (Lipinski definition) is 2. The molecule has 1 fully saturated rings. The molecule has 2 heterocycles. The SMILES string of the molecule is Cc1cccc2c1C[C@@H]1CNCCN1C2=O.